The number of rotatable bonds is 5. The number of hydrogen-bond acceptors (Lipinski definition) is 5. The number of carboxylic acid groups (broad SMARTS) is 2. The highest BCUT2D eigenvalue weighted by atomic mass is 16.4. The van der Waals surface area contributed by atoms with Crippen LogP contribution in [0.15, 0.2) is 24.3 Å². The van der Waals surface area contributed by atoms with Crippen LogP contribution in [0.25, 0.3) is 0 Å². The number of benzene rings is 1. The number of aliphatic hydroxyl groups is 2. The molecule has 0 aliphatic carbocycles. The molecule has 0 bridgehead atoms. The maximum Gasteiger partial charge on any atom is 0.339 e. The van der Waals surface area contributed by atoms with E-state index in [-0.39, 0.29) is 11.3 Å². The van der Waals surface area contributed by atoms with Crippen LogP contribution in [0.3, 0.4) is 0 Å². The van der Waals surface area contributed by atoms with Crippen molar-refractivity contribution in [1.29, 1.82) is 0 Å². The lowest BCUT2D eigenvalue weighted by atomic mass is 9.89. The zero-order valence-electron chi connectivity index (χ0n) is 9.15. The summed E-state index contributed by atoms with van der Waals surface area (Å²) >= 11 is 0. The van der Waals surface area contributed by atoms with E-state index in [9.17, 15) is 19.8 Å². The van der Waals surface area contributed by atoms with Gasteiger partial charge < -0.3 is 25.5 Å². The molecule has 1 aromatic rings. The summed E-state index contributed by atoms with van der Waals surface area (Å²) in [6.07, 6.45) is -3.06. The first-order chi connectivity index (χ1) is 8.27. The van der Waals surface area contributed by atoms with E-state index in [1.165, 1.54) is 24.3 Å². The van der Waals surface area contributed by atoms with Gasteiger partial charge in [0.15, 0.2) is 6.10 Å². The Bertz CT molecular complexity index is 453. The molecule has 0 aliphatic rings. The van der Waals surface area contributed by atoms with Crippen LogP contribution < -0.4 is 0 Å². The van der Waals surface area contributed by atoms with Crippen molar-refractivity contribution in [3.63, 3.8) is 0 Å². The van der Waals surface area contributed by atoms with Gasteiger partial charge in [0, 0.05) is 6.42 Å². The third-order valence-corrected chi connectivity index (χ3v) is 2.47. The lowest BCUT2D eigenvalue weighted by Crippen LogP contribution is -2.54. The van der Waals surface area contributed by atoms with Gasteiger partial charge in [-0.15, -0.1) is 0 Å². The Labute approximate surface area is 102 Å². The number of aromatic hydroxyl groups is 1. The van der Waals surface area contributed by atoms with Crippen LogP contribution in [0.5, 0.6) is 5.75 Å². The summed E-state index contributed by atoms with van der Waals surface area (Å²) in [5.74, 6) is -3.74. The lowest BCUT2D eigenvalue weighted by Gasteiger charge is -2.26. The second-order valence-corrected chi connectivity index (χ2v) is 3.81. The molecule has 1 aromatic carbocycles. The summed E-state index contributed by atoms with van der Waals surface area (Å²) in [7, 11) is 0. The Hall–Kier alpha value is -2.12. The first-order valence-corrected chi connectivity index (χ1v) is 4.92. The molecule has 0 aromatic heterocycles. The summed E-state index contributed by atoms with van der Waals surface area (Å²) in [6, 6.07) is 5.14. The third kappa shape index (κ3) is 2.76. The predicted molar refractivity (Wildman–Crippen MR) is 58.0 cm³/mol. The van der Waals surface area contributed by atoms with Crippen molar-refractivity contribution in [1.82, 2.24) is 0 Å². The minimum atomic E-state index is -2.83. The van der Waals surface area contributed by atoms with Crippen molar-refractivity contribution in [2.45, 2.75) is 18.1 Å². The molecule has 2 unspecified atom stereocenters. The van der Waals surface area contributed by atoms with Crippen molar-refractivity contribution in [2.75, 3.05) is 0 Å². The van der Waals surface area contributed by atoms with Crippen LogP contribution in [-0.4, -0.2) is 49.2 Å². The van der Waals surface area contributed by atoms with Gasteiger partial charge in [-0.05, 0) is 17.7 Å². The van der Waals surface area contributed by atoms with Crippen LogP contribution in [-0.2, 0) is 16.0 Å². The molecule has 2 atom stereocenters. The largest absolute Gasteiger partial charge is 0.508 e. The predicted octanol–water partition coefficient (Wildman–Crippen LogP) is -0.804. The van der Waals surface area contributed by atoms with Gasteiger partial charge in [0.25, 0.3) is 0 Å². The lowest BCUT2D eigenvalue weighted by molar-refractivity contribution is -0.183. The average Bonchev–Trinajstić information content (AvgIpc) is 2.30. The van der Waals surface area contributed by atoms with E-state index in [0.717, 1.165) is 0 Å². The maximum absolute atomic E-state index is 10.9. The third-order valence-electron chi connectivity index (χ3n) is 2.47. The topological polar surface area (TPSA) is 135 Å². The number of phenols is 1. The van der Waals surface area contributed by atoms with Gasteiger partial charge in [0.1, 0.15) is 5.75 Å². The molecule has 0 saturated carbocycles. The van der Waals surface area contributed by atoms with E-state index in [4.69, 9.17) is 15.3 Å². The van der Waals surface area contributed by atoms with E-state index in [1.807, 2.05) is 0 Å². The van der Waals surface area contributed by atoms with Crippen LogP contribution in [0.4, 0.5) is 0 Å². The fourth-order valence-corrected chi connectivity index (χ4v) is 1.42. The molecule has 7 nitrogen and oxygen atoms in total. The standard InChI is InChI=1S/C11H12O7/c12-7-3-1-6(2-4-7)5-11(18,10(16)17)8(13)9(14)15/h1-4,8,12-13,18H,5H2,(H,14,15)(H,16,17). The highest BCUT2D eigenvalue weighted by Gasteiger charge is 2.47. The van der Waals surface area contributed by atoms with Crippen molar-refractivity contribution >= 4 is 11.9 Å². The zero-order valence-corrected chi connectivity index (χ0v) is 9.15. The molecule has 98 valence electrons. The van der Waals surface area contributed by atoms with Crippen LogP contribution in [0, 0.1) is 0 Å². The molecule has 0 spiro atoms. The highest BCUT2D eigenvalue weighted by molar-refractivity contribution is 5.87. The molecule has 5 N–H and O–H groups in total. The summed E-state index contributed by atoms with van der Waals surface area (Å²) < 4.78 is 0. The Balaban J connectivity index is 3.03. The summed E-state index contributed by atoms with van der Waals surface area (Å²) in [6.45, 7) is 0. The van der Waals surface area contributed by atoms with E-state index in [1.54, 1.807) is 0 Å². The fraction of sp³-hybridized carbons (Fsp3) is 0.273. The average molecular weight is 256 g/mol. The molecule has 18 heavy (non-hydrogen) atoms. The number of carbonyl (C=O) groups is 2. The second kappa shape index (κ2) is 5.03. The Morgan fingerprint density at radius 1 is 1.17 bits per heavy atom. The normalized spacial score (nSPS) is 15.7. The molecule has 7 heteroatoms. The second-order valence-electron chi connectivity index (χ2n) is 3.81. The molecular weight excluding hydrogens is 244 g/mol. The Morgan fingerprint density at radius 2 is 1.67 bits per heavy atom. The molecule has 1 rings (SSSR count). The molecule has 0 aliphatic heterocycles. The monoisotopic (exact) mass is 256 g/mol. The van der Waals surface area contributed by atoms with Crippen molar-refractivity contribution < 1.29 is 35.1 Å². The molecule has 0 heterocycles. The summed E-state index contributed by atoms with van der Waals surface area (Å²) in [5, 5.41) is 45.5. The first-order valence-electron chi connectivity index (χ1n) is 4.92. The van der Waals surface area contributed by atoms with Crippen LogP contribution in [0.1, 0.15) is 5.56 Å². The maximum atomic E-state index is 10.9. The number of carboxylic acids is 2. The van der Waals surface area contributed by atoms with Gasteiger partial charge in [-0.1, -0.05) is 12.1 Å². The van der Waals surface area contributed by atoms with Gasteiger partial charge in [-0.3, -0.25) is 0 Å². The molecule has 0 radical (unpaired) electrons. The van der Waals surface area contributed by atoms with Gasteiger partial charge in [-0.2, -0.15) is 0 Å². The van der Waals surface area contributed by atoms with Gasteiger partial charge >= 0.3 is 11.9 Å². The van der Waals surface area contributed by atoms with Gasteiger partial charge in [0.05, 0.1) is 0 Å². The Morgan fingerprint density at radius 3 is 2.06 bits per heavy atom. The van der Waals surface area contributed by atoms with E-state index in [2.05, 4.69) is 0 Å². The molecule has 0 fully saturated rings. The number of phenolic OH excluding ortho intramolecular Hbond substituents is 1. The fourth-order valence-electron chi connectivity index (χ4n) is 1.42. The zero-order chi connectivity index (χ0) is 13.9. The molecular formula is C11H12O7. The summed E-state index contributed by atoms with van der Waals surface area (Å²) in [4.78, 5) is 21.5. The van der Waals surface area contributed by atoms with Crippen molar-refractivity contribution in [2.24, 2.45) is 0 Å². The molecule has 0 saturated heterocycles. The number of aliphatic hydroxyl groups excluding tert-OH is 1. The number of aliphatic carboxylic acids is 2. The highest BCUT2D eigenvalue weighted by Crippen LogP contribution is 2.20. The minimum Gasteiger partial charge on any atom is -0.508 e. The SMILES string of the molecule is O=C(O)C(O)C(O)(Cc1ccc(O)cc1)C(=O)O. The van der Waals surface area contributed by atoms with E-state index in [0.29, 0.717) is 0 Å². The van der Waals surface area contributed by atoms with E-state index < -0.39 is 30.1 Å². The first kappa shape index (κ1) is 13.9. The van der Waals surface area contributed by atoms with Crippen LogP contribution in [0.2, 0.25) is 0 Å². The van der Waals surface area contributed by atoms with Crippen molar-refractivity contribution in [3.05, 3.63) is 29.8 Å². The smallest absolute Gasteiger partial charge is 0.339 e. The minimum absolute atomic E-state index is 0.0589. The van der Waals surface area contributed by atoms with Crippen LogP contribution >= 0.6 is 0 Å². The van der Waals surface area contributed by atoms with Gasteiger partial charge in [-0.25, -0.2) is 9.59 Å². The van der Waals surface area contributed by atoms with Gasteiger partial charge in [0.2, 0.25) is 5.60 Å². The molecule has 0 amide bonds. The van der Waals surface area contributed by atoms with Crippen molar-refractivity contribution in [3.8, 4) is 5.75 Å². The Kier molecular flexibility index (Phi) is 3.89. The quantitative estimate of drug-likeness (QED) is 0.465. The summed E-state index contributed by atoms with van der Waals surface area (Å²) in [5.41, 5.74) is -2.57. The number of hydrogen-bond donors (Lipinski definition) is 5. The van der Waals surface area contributed by atoms with E-state index >= 15 is 0 Å².